The molecule has 0 saturated carbocycles. The summed E-state index contributed by atoms with van der Waals surface area (Å²) in [4.78, 5) is 26.8. The molecule has 2 amide bonds. The van der Waals surface area contributed by atoms with Gasteiger partial charge in [-0.1, -0.05) is 6.92 Å². The molecule has 102 valence electrons. The molecule has 2 rings (SSSR count). The van der Waals surface area contributed by atoms with Gasteiger partial charge in [0.1, 0.15) is 11.8 Å². The first-order valence-electron chi connectivity index (χ1n) is 6.19. The number of nitrogens with zero attached hydrogens (tertiary/aromatic N) is 1. The lowest BCUT2D eigenvalue weighted by atomic mass is 10.0. The molecular formula is C13H17N3O3. The molecule has 1 aliphatic heterocycles. The van der Waals surface area contributed by atoms with Crippen LogP contribution in [0.15, 0.2) is 18.3 Å². The molecule has 0 radical (unpaired) electrons. The molecule has 1 aromatic heterocycles. The number of aromatic nitrogens is 1. The molecule has 3 N–H and O–H groups in total. The third kappa shape index (κ3) is 3.08. The van der Waals surface area contributed by atoms with Crippen LogP contribution in [-0.2, 0) is 9.53 Å². The minimum Gasteiger partial charge on any atom is -0.365 e. The molecule has 3 atom stereocenters. The number of nitrogens with two attached hydrogens (primary N) is 1. The van der Waals surface area contributed by atoms with E-state index in [0.717, 1.165) is 0 Å². The monoisotopic (exact) mass is 263 g/mol. The summed E-state index contributed by atoms with van der Waals surface area (Å²) in [6.07, 6.45) is 1.75. The van der Waals surface area contributed by atoms with E-state index >= 15 is 0 Å². The Morgan fingerprint density at radius 3 is 2.79 bits per heavy atom. The van der Waals surface area contributed by atoms with Crippen molar-refractivity contribution in [1.29, 1.82) is 0 Å². The molecule has 0 aromatic carbocycles. The van der Waals surface area contributed by atoms with Gasteiger partial charge in [-0.15, -0.1) is 0 Å². The second-order valence-electron chi connectivity index (χ2n) is 4.83. The summed E-state index contributed by atoms with van der Waals surface area (Å²) in [5, 5.41) is 2.71. The largest absolute Gasteiger partial charge is 0.365 e. The van der Waals surface area contributed by atoms with Gasteiger partial charge in [0, 0.05) is 11.9 Å². The molecule has 1 aliphatic rings. The van der Waals surface area contributed by atoms with E-state index < -0.39 is 12.0 Å². The van der Waals surface area contributed by atoms with Gasteiger partial charge in [0.15, 0.2) is 0 Å². The Balaban J connectivity index is 2.03. The number of rotatable bonds is 3. The van der Waals surface area contributed by atoms with E-state index in [0.29, 0.717) is 18.0 Å². The summed E-state index contributed by atoms with van der Waals surface area (Å²) < 4.78 is 5.57. The molecule has 6 nitrogen and oxygen atoms in total. The molecule has 0 spiro atoms. The van der Waals surface area contributed by atoms with Crippen LogP contribution in [0.4, 0.5) is 5.69 Å². The van der Waals surface area contributed by atoms with Crippen molar-refractivity contribution in [2.75, 3.05) is 5.32 Å². The van der Waals surface area contributed by atoms with Crippen molar-refractivity contribution < 1.29 is 14.3 Å². The molecule has 19 heavy (non-hydrogen) atoms. The Hall–Kier alpha value is -1.95. The predicted molar refractivity (Wildman–Crippen MR) is 69.5 cm³/mol. The number of anilines is 1. The first-order chi connectivity index (χ1) is 8.97. The minimum absolute atomic E-state index is 0.0781. The molecule has 1 aromatic rings. The summed E-state index contributed by atoms with van der Waals surface area (Å²) in [6.45, 7) is 4.01. The van der Waals surface area contributed by atoms with Gasteiger partial charge in [-0.05, 0) is 31.4 Å². The van der Waals surface area contributed by atoms with E-state index in [1.165, 1.54) is 12.3 Å². The average molecular weight is 263 g/mol. The zero-order valence-electron chi connectivity index (χ0n) is 10.9. The maximum absolute atomic E-state index is 12.0. The lowest BCUT2D eigenvalue weighted by molar-refractivity contribution is -0.126. The third-order valence-electron chi connectivity index (χ3n) is 3.34. The molecule has 2 heterocycles. The molecule has 0 bridgehead atoms. The van der Waals surface area contributed by atoms with Crippen LogP contribution < -0.4 is 11.1 Å². The number of hydrogen-bond acceptors (Lipinski definition) is 4. The van der Waals surface area contributed by atoms with Crippen molar-refractivity contribution in [2.45, 2.75) is 32.5 Å². The first kappa shape index (κ1) is 13.5. The van der Waals surface area contributed by atoms with E-state index in [1.807, 2.05) is 6.92 Å². The highest BCUT2D eigenvalue weighted by molar-refractivity contribution is 5.96. The smallest absolute Gasteiger partial charge is 0.267 e. The maximum atomic E-state index is 12.0. The number of hydrogen-bond donors (Lipinski definition) is 2. The Labute approximate surface area is 111 Å². The van der Waals surface area contributed by atoms with Gasteiger partial charge in [0.25, 0.3) is 11.8 Å². The third-order valence-corrected chi connectivity index (χ3v) is 3.34. The van der Waals surface area contributed by atoms with Gasteiger partial charge in [-0.3, -0.25) is 14.6 Å². The zero-order valence-corrected chi connectivity index (χ0v) is 10.9. The Morgan fingerprint density at radius 2 is 2.21 bits per heavy atom. The quantitative estimate of drug-likeness (QED) is 0.848. The van der Waals surface area contributed by atoms with Crippen molar-refractivity contribution in [3.8, 4) is 0 Å². The molecule has 1 fully saturated rings. The van der Waals surface area contributed by atoms with E-state index in [9.17, 15) is 9.59 Å². The highest BCUT2D eigenvalue weighted by atomic mass is 16.5. The standard InChI is InChI=1S/C13H17N3O3/c1-7-5-11(19-8(7)2)13(18)16-9-3-4-15-10(6-9)12(14)17/h3-4,6-8,11H,5H2,1-2H3,(H2,14,17)(H,15,16,18)/t7-,8?,11+/m0/s1. The number of amides is 2. The molecule has 1 unspecified atom stereocenters. The average Bonchev–Trinajstić information content (AvgIpc) is 2.70. The number of primary amides is 1. The predicted octanol–water partition coefficient (Wildman–Crippen LogP) is 0.932. The van der Waals surface area contributed by atoms with Crippen LogP contribution in [-0.4, -0.2) is 29.0 Å². The second-order valence-corrected chi connectivity index (χ2v) is 4.83. The fraction of sp³-hybridized carbons (Fsp3) is 0.462. The van der Waals surface area contributed by atoms with Crippen LogP contribution in [0, 0.1) is 5.92 Å². The van der Waals surface area contributed by atoms with Gasteiger partial charge in [-0.25, -0.2) is 0 Å². The van der Waals surface area contributed by atoms with Crippen LogP contribution in [0.3, 0.4) is 0 Å². The van der Waals surface area contributed by atoms with Crippen LogP contribution in [0.25, 0.3) is 0 Å². The van der Waals surface area contributed by atoms with Crippen LogP contribution in [0.5, 0.6) is 0 Å². The molecular weight excluding hydrogens is 246 g/mol. The van der Waals surface area contributed by atoms with E-state index in [1.54, 1.807) is 6.07 Å². The van der Waals surface area contributed by atoms with Gasteiger partial charge in [0.05, 0.1) is 6.10 Å². The Kier molecular flexibility index (Phi) is 3.80. The lowest BCUT2D eigenvalue weighted by Gasteiger charge is -2.11. The van der Waals surface area contributed by atoms with E-state index in [-0.39, 0.29) is 17.7 Å². The SMILES string of the molecule is CC1O[C@@H](C(=O)Nc2ccnc(C(N)=O)c2)C[C@@H]1C. The van der Waals surface area contributed by atoms with Crippen molar-refractivity contribution in [2.24, 2.45) is 11.7 Å². The summed E-state index contributed by atoms with van der Waals surface area (Å²) >= 11 is 0. The second kappa shape index (κ2) is 5.36. The number of pyridine rings is 1. The maximum Gasteiger partial charge on any atom is 0.267 e. The van der Waals surface area contributed by atoms with E-state index in [2.05, 4.69) is 17.2 Å². The number of nitrogens with one attached hydrogen (secondary N) is 1. The fourth-order valence-corrected chi connectivity index (χ4v) is 2.01. The lowest BCUT2D eigenvalue weighted by Crippen LogP contribution is -2.28. The first-order valence-corrected chi connectivity index (χ1v) is 6.19. The van der Waals surface area contributed by atoms with Crippen molar-refractivity contribution in [3.05, 3.63) is 24.0 Å². The van der Waals surface area contributed by atoms with Gasteiger partial charge < -0.3 is 15.8 Å². The van der Waals surface area contributed by atoms with Crippen molar-refractivity contribution >= 4 is 17.5 Å². The summed E-state index contributed by atoms with van der Waals surface area (Å²) in [5.74, 6) is -0.484. The number of ether oxygens (including phenoxy) is 1. The van der Waals surface area contributed by atoms with E-state index in [4.69, 9.17) is 10.5 Å². The summed E-state index contributed by atoms with van der Waals surface area (Å²) in [7, 11) is 0. The highest BCUT2D eigenvalue weighted by Crippen LogP contribution is 2.26. The summed E-state index contributed by atoms with van der Waals surface area (Å²) in [5.41, 5.74) is 5.74. The fourth-order valence-electron chi connectivity index (χ4n) is 2.01. The number of carbonyl (C=O) groups excluding carboxylic acids is 2. The Bertz CT molecular complexity index is 494. The van der Waals surface area contributed by atoms with Crippen LogP contribution in [0.1, 0.15) is 30.8 Å². The number of carbonyl (C=O) groups is 2. The van der Waals surface area contributed by atoms with Crippen molar-refractivity contribution in [3.63, 3.8) is 0 Å². The minimum atomic E-state index is -0.629. The van der Waals surface area contributed by atoms with Crippen LogP contribution >= 0.6 is 0 Å². The van der Waals surface area contributed by atoms with Gasteiger partial charge in [0.2, 0.25) is 0 Å². The molecule has 6 heteroatoms. The molecule has 1 saturated heterocycles. The Morgan fingerprint density at radius 1 is 1.47 bits per heavy atom. The topological polar surface area (TPSA) is 94.3 Å². The van der Waals surface area contributed by atoms with Crippen molar-refractivity contribution in [1.82, 2.24) is 4.98 Å². The van der Waals surface area contributed by atoms with Gasteiger partial charge in [-0.2, -0.15) is 0 Å². The van der Waals surface area contributed by atoms with Crippen LogP contribution in [0.2, 0.25) is 0 Å². The highest BCUT2D eigenvalue weighted by Gasteiger charge is 2.33. The summed E-state index contributed by atoms with van der Waals surface area (Å²) in [6, 6.07) is 3.05. The van der Waals surface area contributed by atoms with Gasteiger partial charge >= 0.3 is 0 Å². The molecule has 0 aliphatic carbocycles. The normalized spacial score (nSPS) is 26.1. The zero-order chi connectivity index (χ0) is 14.0.